The summed E-state index contributed by atoms with van der Waals surface area (Å²) < 4.78 is 1.61. The highest BCUT2D eigenvalue weighted by Crippen LogP contribution is 2.30. The largest absolute Gasteiger partial charge is 0.480 e. The third-order valence-corrected chi connectivity index (χ3v) is 3.28. The highest BCUT2D eigenvalue weighted by atomic mass is 16.4. The fourth-order valence-corrected chi connectivity index (χ4v) is 1.93. The molecule has 1 fully saturated rings. The number of hydrogen-bond acceptors (Lipinski definition) is 3. The topological polar surface area (TPSA) is 75.4 Å². The predicted octanol–water partition coefficient (Wildman–Crippen LogP) is 0.806. The molecule has 1 N–H and O–H groups in total. The van der Waals surface area contributed by atoms with E-state index in [0.29, 0.717) is 5.69 Å². The van der Waals surface area contributed by atoms with Gasteiger partial charge in [-0.3, -0.25) is 9.48 Å². The van der Waals surface area contributed by atoms with E-state index in [1.165, 1.54) is 11.8 Å². The number of hydrogen-bond donors (Lipinski definition) is 1. The van der Waals surface area contributed by atoms with Crippen molar-refractivity contribution in [3.8, 4) is 0 Å². The highest BCUT2D eigenvalue weighted by Gasteiger charge is 2.39. The molecule has 1 aromatic rings. The van der Waals surface area contributed by atoms with Crippen LogP contribution in [-0.2, 0) is 11.8 Å². The zero-order chi connectivity index (χ0) is 13.4. The van der Waals surface area contributed by atoms with Crippen LogP contribution < -0.4 is 0 Å². The van der Waals surface area contributed by atoms with Gasteiger partial charge >= 0.3 is 5.97 Å². The summed E-state index contributed by atoms with van der Waals surface area (Å²) in [6.07, 6.45) is 1.74. The van der Waals surface area contributed by atoms with E-state index < -0.39 is 12.0 Å². The lowest BCUT2D eigenvalue weighted by Crippen LogP contribution is -2.44. The Labute approximate surface area is 105 Å². The maximum Gasteiger partial charge on any atom is 0.326 e. The molecule has 0 saturated heterocycles. The normalized spacial score (nSPS) is 16.4. The van der Waals surface area contributed by atoms with Gasteiger partial charge in [-0.25, -0.2) is 4.79 Å². The monoisotopic (exact) mass is 251 g/mol. The standard InChI is InChI=1S/C12H17N3O3/c1-7-6-10(13-14(7)3)11(16)15(9-4-5-9)8(2)12(17)18/h6,8-9H,4-5H2,1-3H3,(H,17,18). The summed E-state index contributed by atoms with van der Waals surface area (Å²) in [7, 11) is 1.76. The van der Waals surface area contributed by atoms with Gasteiger partial charge in [0.25, 0.3) is 5.91 Å². The van der Waals surface area contributed by atoms with Gasteiger partial charge in [0.2, 0.25) is 0 Å². The minimum Gasteiger partial charge on any atom is -0.480 e. The van der Waals surface area contributed by atoms with E-state index in [9.17, 15) is 9.59 Å². The van der Waals surface area contributed by atoms with Crippen LogP contribution in [0.5, 0.6) is 0 Å². The molecule has 2 rings (SSSR count). The fraction of sp³-hybridized carbons (Fsp3) is 0.583. The van der Waals surface area contributed by atoms with Crippen LogP contribution in [-0.4, -0.2) is 43.7 Å². The molecule has 0 radical (unpaired) electrons. The zero-order valence-corrected chi connectivity index (χ0v) is 10.8. The number of carbonyl (C=O) groups is 2. The number of amides is 1. The molecular formula is C12H17N3O3. The van der Waals surface area contributed by atoms with Gasteiger partial charge in [0.05, 0.1) is 0 Å². The molecule has 1 aliphatic carbocycles. The number of aryl methyl sites for hydroxylation is 2. The maximum absolute atomic E-state index is 12.3. The smallest absolute Gasteiger partial charge is 0.326 e. The summed E-state index contributed by atoms with van der Waals surface area (Å²) in [4.78, 5) is 24.8. The second-order valence-electron chi connectivity index (χ2n) is 4.75. The summed E-state index contributed by atoms with van der Waals surface area (Å²) in [6, 6.07) is 0.921. The van der Waals surface area contributed by atoms with Gasteiger partial charge in [0.15, 0.2) is 5.69 Å². The molecule has 1 aliphatic rings. The van der Waals surface area contributed by atoms with E-state index in [1.807, 2.05) is 6.92 Å². The van der Waals surface area contributed by atoms with Crippen LogP contribution in [0.3, 0.4) is 0 Å². The molecule has 6 nitrogen and oxygen atoms in total. The van der Waals surface area contributed by atoms with E-state index in [-0.39, 0.29) is 11.9 Å². The van der Waals surface area contributed by atoms with Crippen molar-refractivity contribution in [2.24, 2.45) is 7.05 Å². The molecule has 98 valence electrons. The van der Waals surface area contributed by atoms with Crippen molar-refractivity contribution >= 4 is 11.9 Å². The van der Waals surface area contributed by atoms with Gasteiger partial charge in [-0.1, -0.05) is 0 Å². The third-order valence-electron chi connectivity index (χ3n) is 3.28. The summed E-state index contributed by atoms with van der Waals surface area (Å²) >= 11 is 0. The Morgan fingerprint density at radius 3 is 2.56 bits per heavy atom. The molecule has 0 bridgehead atoms. The molecule has 1 atom stereocenters. The van der Waals surface area contributed by atoms with E-state index in [4.69, 9.17) is 5.11 Å². The van der Waals surface area contributed by atoms with E-state index in [1.54, 1.807) is 17.8 Å². The average molecular weight is 251 g/mol. The second kappa shape index (κ2) is 4.44. The Kier molecular flexibility index (Phi) is 3.11. The molecule has 0 spiro atoms. The molecule has 1 unspecified atom stereocenters. The van der Waals surface area contributed by atoms with Crippen molar-refractivity contribution in [2.75, 3.05) is 0 Å². The second-order valence-corrected chi connectivity index (χ2v) is 4.75. The van der Waals surface area contributed by atoms with E-state index in [2.05, 4.69) is 5.10 Å². The zero-order valence-electron chi connectivity index (χ0n) is 10.8. The molecule has 1 aromatic heterocycles. The third kappa shape index (κ3) is 2.23. The van der Waals surface area contributed by atoms with Gasteiger partial charge in [-0.15, -0.1) is 0 Å². The number of carbonyl (C=O) groups excluding carboxylic acids is 1. The predicted molar refractivity (Wildman–Crippen MR) is 64.2 cm³/mol. The lowest BCUT2D eigenvalue weighted by molar-refractivity contribution is -0.141. The van der Waals surface area contributed by atoms with Crippen molar-refractivity contribution in [3.05, 3.63) is 17.5 Å². The number of aliphatic carboxylic acids is 1. The summed E-state index contributed by atoms with van der Waals surface area (Å²) in [6.45, 7) is 3.39. The number of carboxylic acids is 1. The quantitative estimate of drug-likeness (QED) is 0.859. The summed E-state index contributed by atoms with van der Waals surface area (Å²) in [5, 5.41) is 13.2. The first kappa shape index (κ1) is 12.6. The van der Waals surface area contributed by atoms with Crippen LogP contribution in [0.2, 0.25) is 0 Å². The molecule has 6 heteroatoms. The first-order chi connectivity index (χ1) is 8.41. The molecule has 1 amide bonds. The first-order valence-corrected chi connectivity index (χ1v) is 5.98. The molecular weight excluding hydrogens is 234 g/mol. The molecule has 0 aromatic carbocycles. The van der Waals surface area contributed by atoms with E-state index in [0.717, 1.165) is 18.5 Å². The number of aromatic nitrogens is 2. The number of carboxylic acid groups (broad SMARTS) is 1. The van der Waals surface area contributed by atoms with Crippen LogP contribution >= 0.6 is 0 Å². The van der Waals surface area contributed by atoms with Gasteiger partial charge in [0.1, 0.15) is 6.04 Å². The number of rotatable bonds is 4. The SMILES string of the molecule is Cc1cc(C(=O)N(C2CC2)C(C)C(=O)O)nn1C. The van der Waals surface area contributed by atoms with Crippen molar-refractivity contribution in [1.82, 2.24) is 14.7 Å². The van der Waals surface area contributed by atoms with E-state index >= 15 is 0 Å². The lowest BCUT2D eigenvalue weighted by Gasteiger charge is -2.25. The van der Waals surface area contributed by atoms with Crippen molar-refractivity contribution in [2.45, 2.75) is 38.8 Å². The van der Waals surface area contributed by atoms with Gasteiger partial charge in [-0.2, -0.15) is 5.10 Å². The van der Waals surface area contributed by atoms with Crippen LogP contribution in [0.1, 0.15) is 35.9 Å². The Bertz CT molecular complexity index is 471. The maximum atomic E-state index is 12.3. The van der Waals surface area contributed by atoms with Crippen LogP contribution in [0, 0.1) is 6.92 Å². The van der Waals surface area contributed by atoms with Crippen LogP contribution in [0.4, 0.5) is 0 Å². The fourth-order valence-electron chi connectivity index (χ4n) is 1.93. The van der Waals surface area contributed by atoms with Gasteiger partial charge in [-0.05, 0) is 32.8 Å². The van der Waals surface area contributed by atoms with Crippen molar-refractivity contribution < 1.29 is 14.7 Å². The van der Waals surface area contributed by atoms with Crippen molar-refractivity contribution in [1.29, 1.82) is 0 Å². The number of nitrogens with zero attached hydrogens (tertiary/aromatic N) is 3. The molecule has 0 aliphatic heterocycles. The first-order valence-electron chi connectivity index (χ1n) is 5.98. The minimum atomic E-state index is -0.983. The van der Waals surface area contributed by atoms with Gasteiger partial charge in [0, 0.05) is 18.8 Å². The lowest BCUT2D eigenvalue weighted by atomic mass is 10.2. The summed E-state index contributed by atoms with van der Waals surface area (Å²) in [5.41, 5.74) is 1.19. The average Bonchev–Trinajstić information content (AvgIpc) is 3.06. The van der Waals surface area contributed by atoms with Crippen LogP contribution in [0.25, 0.3) is 0 Å². The molecule has 1 saturated carbocycles. The Balaban J connectivity index is 2.26. The summed E-state index contributed by atoms with van der Waals surface area (Å²) in [5.74, 6) is -1.28. The Morgan fingerprint density at radius 2 is 2.17 bits per heavy atom. The molecule has 18 heavy (non-hydrogen) atoms. The highest BCUT2D eigenvalue weighted by molar-refractivity contribution is 5.95. The Morgan fingerprint density at radius 1 is 1.56 bits per heavy atom. The molecule has 1 heterocycles. The van der Waals surface area contributed by atoms with Crippen LogP contribution in [0.15, 0.2) is 6.07 Å². The van der Waals surface area contributed by atoms with Crippen molar-refractivity contribution in [3.63, 3.8) is 0 Å². The Hall–Kier alpha value is -1.85. The van der Waals surface area contributed by atoms with Gasteiger partial charge < -0.3 is 10.0 Å². The minimum absolute atomic E-state index is 0.0471.